The number of hydrogen-bond acceptors (Lipinski definition) is 6. The van der Waals surface area contributed by atoms with Gasteiger partial charge in [0.2, 0.25) is 0 Å². The van der Waals surface area contributed by atoms with Gasteiger partial charge in [0, 0.05) is 7.11 Å². The minimum atomic E-state index is -1.38. The molecular weight excluding hydrogens is 232 g/mol. The minimum Gasteiger partial charge on any atom is -0.479 e. The lowest BCUT2D eigenvalue weighted by Gasteiger charge is -2.40. The van der Waals surface area contributed by atoms with Crippen LogP contribution in [-0.4, -0.2) is 65.2 Å². The van der Waals surface area contributed by atoms with Crippen molar-refractivity contribution < 1.29 is 34.3 Å². The zero-order chi connectivity index (χ0) is 13.2. The highest BCUT2D eigenvalue weighted by atomic mass is 16.7. The molecule has 3 N–H and O–H groups in total. The predicted molar refractivity (Wildman–Crippen MR) is 55.3 cm³/mol. The summed E-state index contributed by atoms with van der Waals surface area (Å²) in [4.78, 5) is 11.0. The Balaban J connectivity index is 2.82. The molecule has 0 saturated carbocycles. The van der Waals surface area contributed by atoms with Gasteiger partial charge in [0.25, 0.3) is 0 Å². The van der Waals surface area contributed by atoms with Crippen LogP contribution >= 0.6 is 0 Å². The van der Waals surface area contributed by atoms with Gasteiger partial charge >= 0.3 is 5.97 Å². The number of rotatable bonds is 4. The van der Waals surface area contributed by atoms with Gasteiger partial charge in [-0.25, -0.2) is 4.79 Å². The van der Waals surface area contributed by atoms with E-state index in [9.17, 15) is 15.0 Å². The lowest BCUT2D eigenvalue weighted by atomic mass is 9.98. The third-order valence-corrected chi connectivity index (χ3v) is 2.47. The Bertz CT molecular complexity index is 267. The second-order valence-electron chi connectivity index (χ2n) is 4.13. The van der Waals surface area contributed by atoms with Crippen LogP contribution in [0.15, 0.2) is 0 Å². The highest BCUT2D eigenvalue weighted by molar-refractivity contribution is 5.73. The maximum Gasteiger partial charge on any atom is 0.335 e. The van der Waals surface area contributed by atoms with Crippen LogP contribution in [0.5, 0.6) is 0 Å². The number of hydrogen-bond donors (Lipinski definition) is 3. The van der Waals surface area contributed by atoms with Gasteiger partial charge in [-0.1, -0.05) is 0 Å². The van der Waals surface area contributed by atoms with Crippen LogP contribution in [0.25, 0.3) is 0 Å². The molecule has 0 unspecified atom stereocenters. The first kappa shape index (κ1) is 14.3. The van der Waals surface area contributed by atoms with E-state index in [0.29, 0.717) is 0 Å². The maximum atomic E-state index is 11.0. The molecule has 1 saturated heterocycles. The molecule has 5 atom stereocenters. The fourth-order valence-electron chi connectivity index (χ4n) is 1.68. The van der Waals surface area contributed by atoms with Crippen molar-refractivity contribution in [2.24, 2.45) is 0 Å². The summed E-state index contributed by atoms with van der Waals surface area (Å²) in [6, 6.07) is 0. The summed E-state index contributed by atoms with van der Waals surface area (Å²) in [6.07, 6.45) is -6.68. The smallest absolute Gasteiger partial charge is 0.335 e. The van der Waals surface area contributed by atoms with Crippen LogP contribution in [0.3, 0.4) is 0 Å². The second kappa shape index (κ2) is 5.74. The molecule has 1 heterocycles. The molecule has 0 bridgehead atoms. The van der Waals surface area contributed by atoms with Gasteiger partial charge in [-0.2, -0.15) is 0 Å². The normalized spacial score (nSPS) is 38.4. The monoisotopic (exact) mass is 250 g/mol. The molecule has 0 amide bonds. The summed E-state index contributed by atoms with van der Waals surface area (Å²) in [6.45, 7) is 3.42. The Morgan fingerprint density at radius 3 is 2.29 bits per heavy atom. The van der Waals surface area contributed by atoms with Crippen molar-refractivity contribution in [1.29, 1.82) is 0 Å². The van der Waals surface area contributed by atoms with Gasteiger partial charge in [-0.3, -0.25) is 0 Å². The van der Waals surface area contributed by atoms with Gasteiger partial charge in [-0.15, -0.1) is 0 Å². The quantitative estimate of drug-likeness (QED) is 0.585. The fourth-order valence-corrected chi connectivity index (χ4v) is 1.68. The van der Waals surface area contributed by atoms with E-state index in [1.165, 1.54) is 7.11 Å². The molecule has 1 rings (SSSR count). The van der Waals surface area contributed by atoms with Crippen molar-refractivity contribution in [1.82, 2.24) is 0 Å². The Kier molecular flexibility index (Phi) is 4.84. The summed E-state index contributed by atoms with van der Waals surface area (Å²) in [7, 11) is 1.24. The van der Waals surface area contributed by atoms with Gasteiger partial charge in [0.15, 0.2) is 12.4 Å². The Morgan fingerprint density at radius 1 is 1.29 bits per heavy atom. The number of carbonyl (C=O) groups is 1. The second-order valence-corrected chi connectivity index (χ2v) is 4.13. The largest absolute Gasteiger partial charge is 0.479 e. The maximum absolute atomic E-state index is 11.0. The zero-order valence-electron chi connectivity index (χ0n) is 9.94. The van der Waals surface area contributed by atoms with Crippen molar-refractivity contribution >= 4 is 5.97 Å². The lowest BCUT2D eigenvalue weighted by molar-refractivity contribution is -0.304. The molecule has 1 aliphatic rings. The standard InChI is InChI=1S/C10H18O7/c1-4(2)16-10-6(12)5(11)7(15-3)8(17-10)9(13)14/h4-8,10-12H,1-3H3,(H,13,14)/t5-,6+,7+,8+,10-/m1/s1. The van der Waals surface area contributed by atoms with Gasteiger partial charge in [-0.05, 0) is 13.8 Å². The van der Waals surface area contributed by atoms with Crippen LogP contribution in [-0.2, 0) is 19.0 Å². The summed E-state index contributed by atoms with van der Waals surface area (Å²) in [5, 5.41) is 28.4. The van der Waals surface area contributed by atoms with E-state index in [0.717, 1.165) is 0 Å². The minimum absolute atomic E-state index is 0.268. The number of methoxy groups -OCH3 is 1. The molecule has 0 aliphatic carbocycles. The molecule has 1 aliphatic heterocycles. The Morgan fingerprint density at radius 2 is 1.88 bits per heavy atom. The highest BCUT2D eigenvalue weighted by Gasteiger charge is 2.48. The number of aliphatic hydroxyl groups is 2. The molecule has 0 aromatic heterocycles. The molecule has 0 radical (unpaired) electrons. The molecular formula is C10H18O7. The molecule has 0 aromatic carbocycles. The van der Waals surface area contributed by atoms with Crippen molar-refractivity contribution in [2.75, 3.05) is 7.11 Å². The van der Waals surface area contributed by atoms with Crippen LogP contribution < -0.4 is 0 Å². The average molecular weight is 250 g/mol. The summed E-state index contributed by atoms with van der Waals surface area (Å²) in [5.41, 5.74) is 0. The fraction of sp³-hybridized carbons (Fsp3) is 0.900. The Hall–Kier alpha value is -0.730. The first-order chi connectivity index (χ1) is 7.88. The van der Waals surface area contributed by atoms with E-state index >= 15 is 0 Å². The average Bonchev–Trinajstić information content (AvgIpc) is 2.23. The van der Waals surface area contributed by atoms with E-state index in [1.807, 2.05) is 0 Å². The van der Waals surface area contributed by atoms with Crippen molar-refractivity contribution in [3.8, 4) is 0 Å². The molecule has 1 fully saturated rings. The third-order valence-electron chi connectivity index (χ3n) is 2.47. The molecule has 0 aromatic rings. The van der Waals surface area contributed by atoms with Crippen molar-refractivity contribution in [3.63, 3.8) is 0 Å². The van der Waals surface area contributed by atoms with Crippen LogP contribution in [0.2, 0.25) is 0 Å². The first-order valence-corrected chi connectivity index (χ1v) is 5.31. The van der Waals surface area contributed by atoms with Gasteiger partial charge < -0.3 is 29.5 Å². The van der Waals surface area contributed by atoms with Crippen molar-refractivity contribution in [2.45, 2.75) is 50.7 Å². The summed E-state index contributed by atoms with van der Waals surface area (Å²) >= 11 is 0. The zero-order valence-corrected chi connectivity index (χ0v) is 9.94. The van der Waals surface area contributed by atoms with E-state index < -0.39 is 36.7 Å². The summed E-state index contributed by atoms with van der Waals surface area (Å²) < 4.78 is 15.1. The topological polar surface area (TPSA) is 105 Å². The summed E-state index contributed by atoms with van der Waals surface area (Å²) in [5.74, 6) is -1.28. The number of aliphatic hydroxyl groups excluding tert-OH is 2. The number of aliphatic carboxylic acids is 1. The highest BCUT2D eigenvalue weighted by Crippen LogP contribution is 2.24. The molecule has 100 valence electrons. The van der Waals surface area contributed by atoms with E-state index in [4.69, 9.17) is 19.3 Å². The van der Waals surface area contributed by atoms with Gasteiger partial charge in [0.1, 0.15) is 18.3 Å². The first-order valence-electron chi connectivity index (χ1n) is 5.31. The van der Waals surface area contributed by atoms with E-state index in [-0.39, 0.29) is 6.10 Å². The molecule has 7 nitrogen and oxygen atoms in total. The van der Waals surface area contributed by atoms with E-state index in [1.54, 1.807) is 13.8 Å². The molecule has 0 spiro atoms. The molecule has 7 heteroatoms. The Labute approximate surface area is 98.9 Å². The molecule has 17 heavy (non-hydrogen) atoms. The number of carboxylic acids is 1. The van der Waals surface area contributed by atoms with Gasteiger partial charge in [0.05, 0.1) is 6.10 Å². The van der Waals surface area contributed by atoms with E-state index in [2.05, 4.69) is 0 Å². The predicted octanol–water partition coefficient (Wildman–Crippen LogP) is -1.04. The van der Waals surface area contributed by atoms with Crippen LogP contribution in [0.1, 0.15) is 13.8 Å². The van der Waals surface area contributed by atoms with Crippen molar-refractivity contribution in [3.05, 3.63) is 0 Å². The lowest BCUT2D eigenvalue weighted by Crippen LogP contribution is -2.61. The van der Waals surface area contributed by atoms with Crippen LogP contribution in [0, 0.1) is 0 Å². The van der Waals surface area contributed by atoms with Crippen LogP contribution in [0.4, 0.5) is 0 Å². The SMILES string of the molecule is CO[C@H]1[C@H](O)[C@H](O)[C@H](OC(C)C)O[C@@H]1C(=O)O. The number of carboxylic acid groups (broad SMARTS) is 1. The third kappa shape index (κ3) is 3.14. The number of ether oxygens (including phenoxy) is 3.